The summed E-state index contributed by atoms with van der Waals surface area (Å²) in [4.78, 5) is 22.1. The summed E-state index contributed by atoms with van der Waals surface area (Å²) in [6.07, 6.45) is 7.32. The summed E-state index contributed by atoms with van der Waals surface area (Å²) in [5.41, 5.74) is 0. The van der Waals surface area contributed by atoms with Crippen LogP contribution in [-0.4, -0.2) is 48.7 Å². The second kappa shape index (κ2) is 7.79. The van der Waals surface area contributed by atoms with Gasteiger partial charge in [-0.2, -0.15) is 0 Å². The number of anilines is 1. The highest BCUT2D eigenvalue weighted by atomic mass is 16.5. The molecule has 1 aliphatic heterocycles. The monoisotopic (exact) mass is 278 g/mol. The SMILES string of the molecule is CCOCC(=O)NCC1CCN(c2cnccn2)CC1. The molecular formula is C14H22N4O2. The number of carbonyl (C=O) groups excluding carboxylic acids is 1. The molecule has 0 unspecified atom stereocenters. The minimum atomic E-state index is -0.0248. The van der Waals surface area contributed by atoms with Gasteiger partial charge in [-0.15, -0.1) is 0 Å². The number of ether oxygens (including phenoxy) is 1. The maximum Gasteiger partial charge on any atom is 0.246 e. The minimum Gasteiger partial charge on any atom is -0.372 e. The highest BCUT2D eigenvalue weighted by Gasteiger charge is 2.20. The molecule has 0 aromatic carbocycles. The van der Waals surface area contributed by atoms with E-state index in [9.17, 15) is 4.79 Å². The van der Waals surface area contributed by atoms with Crippen molar-refractivity contribution >= 4 is 11.7 Å². The molecule has 6 heteroatoms. The first-order valence-electron chi connectivity index (χ1n) is 7.15. The number of aromatic nitrogens is 2. The minimum absolute atomic E-state index is 0.0248. The molecule has 1 N–H and O–H groups in total. The fraction of sp³-hybridized carbons (Fsp3) is 0.643. The maximum absolute atomic E-state index is 11.5. The van der Waals surface area contributed by atoms with Gasteiger partial charge in [-0.25, -0.2) is 4.98 Å². The predicted molar refractivity (Wildman–Crippen MR) is 76.5 cm³/mol. The van der Waals surface area contributed by atoms with Crippen molar-refractivity contribution < 1.29 is 9.53 Å². The number of hydrogen-bond acceptors (Lipinski definition) is 5. The Balaban J connectivity index is 1.68. The average molecular weight is 278 g/mol. The third kappa shape index (κ3) is 4.45. The van der Waals surface area contributed by atoms with E-state index in [-0.39, 0.29) is 12.5 Å². The zero-order chi connectivity index (χ0) is 14.2. The van der Waals surface area contributed by atoms with Crippen LogP contribution in [0.25, 0.3) is 0 Å². The van der Waals surface area contributed by atoms with Gasteiger partial charge in [0.05, 0.1) is 6.20 Å². The van der Waals surface area contributed by atoms with Gasteiger partial charge in [-0.05, 0) is 25.7 Å². The molecule has 1 amide bonds. The molecule has 0 aliphatic carbocycles. The van der Waals surface area contributed by atoms with Crippen LogP contribution in [0.1, 0.15) is 19.8 Å². The summed E-state index contributed by atoms with van der Waals surface area (Å²) < 4.78 is 5.07. The average Bonchev–Trinajstić information content (AvgIpc) is 2.52. The Morgan fingerprint density at radius 2 is 2.25 bits per heavy atom. The molecule has 6 nitrogen and oxygen atoms in total. The van der Waals surface area contributed by atoms with E-state index in [0.29, 0.717) is 12.5 Å². The molecule has 110 valence electrons. The Labute approximate surface area is 119 Å². The Morgan fingerprint density at radius 3 is 2.90 bits per heavy atom. The Kier molecular flexibility index (Phi) is 5.73. The molecule has 0 saturated carbocycles. The number of hydrogen-bond donors (Lipinski definition) is 1. The van der Waals surface area contributed by atoms with Crippen LogP contribution in [0.4, 0.5) is 5.82 Å². The van der Waals surface area contributed by atoms with Crippen LogP contribution in [-0.2, 0) is 9.53 Å². The van der Waals surface area contributed by atoms with Gasteiger partial charge in [0.15, 0.2) is 0 Å². The first kappa shape index (κ1) is 14.7. The van der Waals surface area contributed by atoms with Crippen LogP contribution in [0.5, 0.6) is 0 Å². The van der Waals surface area contributed by atoms with Crippen LogP contribution < -0.4 is 10.2 Å². The van der Waals surface area contributed by atoms with Crippen LogP contribution in [0.15, 0.2) is 18.6 Å². The molecule has 2 rings (SSSR count). The summed E-state index contributed by atoms with van der Waals surface area (Å²) in [5.74, 6) is 1.45. The van der Waals surface area contributed by atoms with Crippen LogP contribution in [0.2, 0.25) is 0 Å². The lowest BCUT2D eigenvalue weighted by Crippen LogP contribution is -2.39. The van der Waals surface area contributed by atoms with Gasteiger partial charge in [0.25, 0.3) is 0 Å². The van der Waals surface area contributed by atoms with E-state index in [0.717, 1.165) is 38.3 Å². The van der Waals surface area contributed by atoms with Crippen LogP contribution in [0.3, 0.4) is 0 Å². The summed E-state index contributed by atoms with van der Waals surface area (Å²) in [5, 5.41) is 2.93. The molecule has 1 fully saturated rings. The van der Waals surface area contributed by atoms with Crippen molar-refractivity contribution in [2.75, 3.05) is 37.7 Å². The topological polar surface area (TPSA) is 67.3 Å². The van der Waals surface area contributed by atoms with E-state index >= 15 is 0 Å². The molecule has 1 aliphatic rings. The van der Waals surface area contributed by atoms with Crippen molar-refractivity contribution in [2.45, 2.75) is 19.8 Å². The van der Waals surface area contributed by atoms with Crippen molar-refractivity contribution in [2.24, 2.45) is 5.92 Å². The highest BCUT2D eigenvalue weighted by molar-refractivity contribution is 5.77. The first-order chi connectivity index (χ1) is 9.79. The number of carbonyl (C=O) groups is 1. The van der Waals surface area contributed by atoms with E-state index < -0.39 is 0 Å². The lowest BCUT2D eigenvalue weighted by atomic mass is 9.97. The molecule has 0 spiro atoms. The van der Waals surface area contributed by atoms with Gasteiger partial charge in [0.2, 0.25) is 5.91 Å². The van der Waals surface area contributed by atoms with Gasteiger partial charge in [0.1, 0.15) is 12.4 Å². The van der Waals surface area contributed by atoms with Crippen molar-refractivity contribution in [3.8, 4) is 0 Å². The molecule has 0 atom stereocenters. The van der Waals surface area contributed by atoms with Gasteiger partial charge in [-0.3, -0.25) is 9.78 Å². The molecule has 20 heavy (non-hydrogen) atoms. The van der Waals surface area contributed by atoms with Crippen molar-refractivity contribution in [1.82, 2.24) is 15.3 Å². The number of nitrogens with one attached hydrogen (secondary N) is 1. The molecule has 0 bridgehead atoms. The molecule has 1 saturated heterocycles. The maximum atomic E-state index is 11.5. The molecule has 2 heterocycles. The highest BCUT2D eigenvalue weighted by Crippen LogP contribution is 2.20. The molecule has 0 radical (unpaired) electrons. The number of nitrogens with zero attached hydrogens (tertiary/aromatic N) is 3. The van der Waals surface area contributed by atoms with Crippen molar-refractivity contribution in [3.05, 3.63) is 18.6 Å². The zero-order valence-electron chi connectivity index (χ0n) is 11.9. The van der Waals surface area contributed by atoms with Crippen molar-refractivity contribution in [3.63, 3.8) is 0 Å². The molecular weight excluding hydrogens is 256 g/mol. The van der Waals surface area contributed by atoms with Gasteiger partial charge < -0.3 is 15.0 Å². The second-order valence-corrected chi connectivity index (χ2v) is 4.94. The standard InChI is InChI=1S/C14H22N4O2/c1-2-20-11-14(19)17-9-12-3-7-18(8-4-12)13-10-15-5-6-16-13/h5-6,10,12H,2-4,7-9,11H2,1H3,(H,17,19). The van der Waals surface area contributed by atoms with E-state index in [2.05, 4.69) is 20.2 Å². The summed E-state index contributed by atoms with van der Waals surface area (Å²) >= 11 is 0. The van der Waals surface area contributed by atoms with Gasteiger partial charge in [-0.1, -0.05) is 0 Å². The largest absolute Gasteiger partial charge is 0.372 e. The predicted octanol–water partition coefficient (Wildman–Crippen LogP) is 0.846. The van der Waals surface area contributed by atoms with Gasteiger partial charge in [0, 0.05) is 38.6 Å². The van der Waals surface area contributed by atoms with Gasteiger partial charge >= 0.3 is 0 Å². The number of rotatable bonds is 6. The summed E-state index contributed by atoms with van der Waals surface area (Å²) in [6, 6.07) is 0. The number of amides is 1. The Bertz CT molecular complexity index is 405. The third-order valence-corrected chi connectivity index (χ3v) is 3.51. The van der Waals surface area contributed by atoms with E-state index in [4.69, 9.17) is 4.74 Å². The second-order valence-electron chi connectivity index (χ2n) is 4.94. The van der Waals surface area contributed by atoms with E-state index in [1.54, 1.807) is 18.6 Å². The van der Waals surface area contributed by atoms with Crippen molar-refractivity contribution in [1.29, 1.82) is 0 Å². The lowest BCUT2D eigenvalue weighted by molar-refractivity contribution is -0.125. The quantitative estimate of drug-likeness (QED) is 0.835. The van der Waals surface area contributed by atoms with E-state index in [1.807, 2.05) is 6.92 Å². The zero-order valence-corrected chi connectivity index (χ0v) is 11.9. The fourth-order valence-electron chi connectivity index (χ4n) is 2.32. The molecule has 1 aromatic rings. The Hall–Kier alpha value is -1.69. The third-order valence-electron chi connectivity index (χ3n) is 3.51. The normalized spacial score (nSPS) is 16.1. The Morgan fingerprint density at radius 1 is 1.45 bits per heavy atom. The summed E-state index contributed by atoms with van der Waals surface area (Å²) in [7, 11) is 0. The first-order valence-corrected chi connectivity index (χ1v) is 7.15. The molecule has 1 aromatic heterocycles. The smallest absolute Gasteiger partial charge is 0.246 e. The summed E-state index contributed by atoms with van der Waals surface area (Å²) in [6.45, 7) is 5.28. The van der Waals surface area contributed by atoms with E-state index in [1.165, 1.54) is 0 Å². The fourth-order valence-corrected chi connectivity index (χ4v) is 2.32. The number of piperidine rings is 1. The van der Waals surface area contributed by atoms with Crippen LogP contribution in [0, 0.1) is 5.92 Å². The lowest BCUT2D eigenvalue weighted by Gasteiger charge is -2.32. The van der Waals surface area contributed by atoms with Crippen LogP contribution >= 0.6 is 0 Å².